The number of hydrogen-bond donors (Lipinski definition) is 1. The van der Waals surface area contributed by atoms with Crippen LogP contribution in [0.15, 0.2) is 24.3 Å². The summed E-state index contributed by atoms with van der Waals surface area (Å²) >= 11 is 0. The fraction of sp³-hybridized carbons (Fsp3) is 0.538. The van der Waals surface area contributed by atoms with E-state index in [4.69, 9.17) is 5.73 Å². The molecule has 0 unspecified atom stereocenters. The molecule has 2 fully saturated rings. The zero-order chi connectivity index (χ0) is 9.54. The maximum Gasteiger partial charge on any atom is 0.0349 e. The van der Waals surface area contributed by atoms with Crippen molar-refractivity contribution in [3.8, 4) is 0 Å². The zero-order valence-corrected chi connectivity index (χ0v) is 8.45. The molecular formula is C13H17N. The minimum absolute atomic E-state index is 0.773. The van der Waals surface area contributed by atoms with Gasteiger partial charge in [0.2, 0.25) is 0 Å². The van der Waals surface area contributed by atoms with Crippen molar-refractivity contribution in [3.05, 3.63) is 29.8 Å². The fourth-order valence-electron chi connectivity index (χ4n) is 3.47. The fourth-order valence-corrected chi connectivity index (χ4v) is 3.47. The van der Waals surface area contributed by atoms with Gasteiger partial charge in [0.15, 0.2) is 0 Å². The normalized spacial score (nSPS) is 35.0. The van der Waals surface area contributed by atoms with Gasteiger partial charge < -0.3 is 5.73 Å². The van der Waals surface area contributed by atoms with Crippen molar-refractivity contribution in [1.82, 2.24) is 0 Å². The third-order valence-electron chi connectivity index (χ3n) is 4.13. The van der Waals surface area contributed by atoms with Gasteiger partial charge >= 0.3 is 0 Å². The van der Waals surface area contributed by atoms with E-state index in [0.717, 1.165) is 23.4 Å². The summed E-state index contributed by atoms with van der Waals surface area (Å²) in [6, 6.07) is 8.42. The SMILES string of the molecule is Nc1ccccc1[C@H]1C[C@@H]2CC[C@H]1C2. The molecule has 3 atom stereocenters. The highest BCUT2D eigenvalue weighted by atomic mass is 14.6. The molecule has 3 rings (SSSR count). The highest BCUT2D eigenvalue weighted by Gasteiger charge is 2.40. The van der Waals surface area contributed by atoms with Crippen molar-refractivity contribution in [2.24, 2.45) is 11.8 Å². The molecule has 0 aliphatic heterocycles. The molecule has 0 aromatic heterocycles. The molecule has 14 heavy (non-hydrogen) atoms. The number of nitrogen functional groups attached to an aromatic ring is 1. The molecule has 1 aromatic carbocycles. The van der Waals surface area contributed by atoms with E-state index in [1.165, 1.54) is 31.2 Å². The Morgan fingerprint density at radius 1 is 1.07 bits per heavy atom. The van der Waals surface area contributed by atoms with Crippen LogP contribution in [0, 0.1) is 11.8 Å². The smallest absolute Gasteiger partial charge is 0.0349 e. The van der Waals surface area contributed by atoms with Crippen LogP contribution < -0.4 is 5.73 Å². The van der Waals surface area contributed by atoms with E-state index in [1.807, 2.05) is 12.1 Å². The molecule has 1 heteroatoms. The van der Waals surface area contributed by atoms with Crippen molar-refractivity contribution in [2.75, 3.05) is 5.73 Å². The third kappa shape index (κ3) is 1.15. The van der Waals surface area contributed by atoms with Gasteiger partial charge in [0.1, 0.15) is 0 Å². The number of rotatable bonds is 1. The molecule has 0 radical (unpaired) electrons. The first-order chi connectivity index (χ1) is 6.84. The quantitative estimate of drug-likeness (QED) is 0.671. The molecule has 2 N–H and O–H groups in total. The van der Waals surface area contributed by atoms with Gasteiger partial charge in [-0.3, -0.25) is 0 Å². The Balaban J connectivity index is 1.93. The molecule has 2 aliphatic rings. The minimum Gasteiger partial charge on any atom is -0.398 e. The van der Waals surface area contributed by atoms with Crippen LogP contribution in [-0.2, 0) is 0 Å². The molecule has 0 saturated heterocycles. The van der Waals surface area contributed by atoms with E-state index in [2.05, 4.69) is 12.1 Å². The lowest BCUT2D eigenvalue weighted by Gasteiger charge is -2.23. The highest BCUT2D eigenvalue weighted by molar-refractivity contribution is 5.49. The summed E-state index contributed by atoms with van der Waals surface area (Å²) in [6.45, 7) is 0. The number of anilines is 1. The summed E-state index contributed by atoms with van der Waals surface area (Å²) in [5.74, 6) is 2.71. The summed E-state index contributed by atoms with van der Waals surface area (Å²) in [5, 5.41) is 0. The topological polar surface area (TPSA) is 26.0 Å². The standard InChI is InChI=1S/C13H17N/c14-13-4-2-1-3-11(13)12-8-9-5-6-10(12)7-9/h1-4,9-10,12H,5-8,14H2/t9-,10+,12+/m1/s1. The summed E-state index contributed by atoms with van der Waals surface area (Å²) in [5.41, 5.74) is 8.45. The van der Waals surface area contributed by atoms with Crippen LogP contribution in [0.1, 0.15) is 37.2 Å². The average Bonchev–Trinajstić information content (AvgIpc) is 2.79. The van der Waals surface area contributed by atoms with Gasteiger partial charge in [0.05, 0.1) is 0 Å². The molecule has 0 spiro atoms. The van der Waals surface area contributed by atoms with Gasteiger partial charge in [-0.2, -0.15) is 0 Å². The predicted molar refractivity (Wildman–Crippen MR) is 59.0 cm³/mol. The summed E-state index contributed by atoms with van der Waals surface area (Å²) < 4.78 is 0. The molecule has 2 saturated carbocycles. The van der Waals surface area contributed by atoms with E-state index in [1.54, 1.807) is 0 Å². The Hall–Kier alpha value is -0.980. The molecule has 0 amide bonds. The van der Waals surface area contributed by atoms with E-state index in [9.17, 15) is 0 Å². The van der Waals surface area contributed by atoms with Crippen molar-refractivity contribution >= 4 is 5.69 Å². The van der Waals surface area contributed by atoms with Crippen molar-refractivity contribution < 1.29 is 0 Å². The monoisotopic (exact) mass is 187 g/mol. The van der Waals surface area contributed by atoms with Gasteiger partial charge in [-0.1, -0.05) is 24.6 Å². The van der Waals surface area contributed by atoms with Gasteiger partial charge in [-0.05, 0) is 48.6 Å². The first-order valence-electron chi connectivity index (χ1n) is 5.69. The highest BCUT2D eigenvalue weighted by Crippen LogP contribution is 2.53. The third-order valence-corrected chi connectivity index (χ3v) is 4.13. The van der Waals surface area contributed by atoms with Gasteiger partial charge in [-0.15, -0.1) is 0 Å². The largest absolute Gasteiger partial charge is 0.398 e. The number of fused-ring (bicyclic) bond motifs is 2. The molecule has 74 valence electrons. The average molecular weight is 187 g/mol. The Bertz CT molecular complexity index is 345. The van der Waals surface area contributed by atoms with Crippen LogP contribution in [0.3, 0.4) is 0 Å². The molecule has 1 nitrogen and oxygen atoms in total. The van der Waals surface area contributed by atoms with Crippen LogP contribution in [0.25, 0.3) is 0 Å². The van der Waals surface area contributed by atoms with Crippen LogP contribution >= 0.6 is 0 Å². The van der Waals surface area contributed by atoms with Crippen LogP contribution in [0.5, 0.6) is 0 Å². The van der Waals surface area contributed by atoms with Gasteiger partial charge in [0, 0.05) is 5.69 Å². The number of nitrogens with two attached hydrogens (primary N) is 1. The van der Waals surface area contributed by atoms with E-state index in [-0.39, 0.29) is 0 Å². The second kappa shape index (κ2) is 3.01. The Labute approximate surface area is 85.3 Å². The first-order valence-corrected chi connectivity index (χ1v) is 5.69. The van der Waals surface area contributed by atoms with Crippen LogP contribution in [0.4, 0.5) is 5.69 Å². The van der Waals surface area contributed by atoms with E-state index < -0.39 is 0 Å². The second-order valence-electron chi connectivity index (χ2n) is 4.91. The maximum absolute atomic E-state index is 6.03. The number of benzene rings is 1. The Morgan fingerprint density at radius 3 is 2.57 bits per heavy atom. The number of hydrogen-bond acceptors (Lipinski definition) is 1. The lowest BCUT2D eigenvalue weighted by molar-refractivity contribution is 0.421. The summed E-state index contributed by atoms with van der Waals surface area (Å²) in [6.07, 6.45) is 5.75. The minimum atomic E-state index is 0.773. The summed E-state index contributed by atoms with van der Waals surface area (Å²) in [4.78, 5) is 0. The molecule has 1 aromatic rings. The van der Waals surface area contributed by atoms with Crippen molar-refractivity contribution in [2.45, 2.75) is 31.6 Å². The maximum atomic E-state index is 6.03. The molecule has 2 aliphatic carbocycles. The first kappa shape index (κ1) is 8.34. The molecule has 0 heterocycles. The Kier molecular flexibility index (Phi) is 1.79. The summed E-state index contributed by atoms with van der Waals surface area (Å²) in [7, 11) is 0. The lowest BCUT2D eigenvalue weighted by Crippen LogP contribution is -2.10. The van der Waals surface area contributed by atoms with Gasteiger partial charge in [0.25, 0.3) is 0 Å². The lowest BCUT2D eigenvalue weighted by atomic mass is 9.83. The van der Waals surface area contributed by atoms with Crippen LogP contribution in [0.2, 0.25) is 0 Å². The molecule has 2 bridgehead atoms. The van der Waals surface area contributed by atoms with Gasteiger partial charge in [-0.25, -0.2) is 0 Å². The van der Waals surface area contributed by atoms with Crippen LogP contribution in [-0.4, -0.2) is 0 Å². The zero-order valence-electron chi connectivity index (χ0n) is 8.45. The molecular weight excluding hydrogens is 170 g/mol. The number of para-hydroxylation sites is 1. The van der Waals surface area contributed by atoms with Crippen molar-refractivity contribution in [1.29, 1.82) is 0 Å². The Morgan fingerprint density at radius 2 is 1.93 bits per heavy atom. The van der Waals surface area contributed by atoms with E-state index in [0.29, 0.717) is 0 Å². The van der Waals surface area contributed by atoms with E-state index >= 15 is 0 Å². The predicted octanol–water partition coefficient (Wildman–Crippen LogP) is 3.17. The second-order valence-corrected chi connectivity index (χ2v) is 4.91. The van der Waals surface area contributed by atoms with Crippen molar-refractivity contribution in [3.63, 3.8) is 0 Å².